The summed E-state index contributed by atoms with van der Waals surface area (Å²) in [5, 5.41) is 6.51. The Morgan fingerprint density at radius 2 is 1.66 bits per heavy atom. The van der Waals surface area contributed by atoms with Gasteiger partial charge in [0.25, 0.3) is 5.56 Å². The first-order valence-corrected chi connectivity index (χ1v) is 10.5. The van der Waals surface area contributed by atoms with E-state index in [0.717, 1.165) is 22.4 Å². The zero-order valence-corrected chi connectivity index (χ0v) is 18.3. The first-order valence-electron chi connectivity index (χ1n) is 10.5. The van der Waals surface area contributed by atoms with E-state index in [1.807, 2.05) is 59.0 Å². The molecule has 8 nitrogen and oxygen atoms in total. The van der Waals surface area contributed by atoms with Crippen molar-refractivity contribution in [3.8, 4) is 0 Å². The van der Waals surface area contributed by atoms with Gasteiger partial charge in [0.05, 0.1) is 25.3 Å². The van der Waals surface area contributed by atoms with Crippen molar-refractivity contribution in [2.75, 3.05) is 5.01 Å². The van der Waals surface area contributed by atoms with Crippen LogP contribution in [-0.4, -0.2) is 24.4 Å². The number of aryl methyl sites for hydroxylation is 2. The summed E-state index contributed by atoms with van der Waals surface area (Å²) in [5.41, 5.74) is 4.12. The Morgan fingerprint density at radius 1 is 0.938 bits per heavy atom. The molecule has 0 fully saturated rings. The van der Waals surface area contributed by atoms with Crippen molar-refractivity contribution < 1.29 is 0 Å². The predicted molar refractivity (Wildman–Crippen MR) is 125 cm³/mol. The number of hydrazone groups is 1. The second-order valence-corrected chi connectivity index (χ2v) is 8.21. The highest BCUT2D eigenvalue weighted by atomic mass is 16.2. The summed E-state index contributed by atoms with van der Waals surface area (Å²) in [5.74, 6) is 0.568. The second kappa shape index (κ2) is 7.64. The van der Waals surface area contributed by atoms with Crippen LogP contribution in [0.15, 0.2) is 69.3 Å². The molecule has 3 heterocycles. The highest BCUT2D eigenvalue weighted by molar-refractivity contribution is 5.87. The Labute approximate surface area is 184 Å². The minimum Gasteiger partial charge on any atom is -0.297 e. The van der Waals surface area contributed by atoms with E-state index in [2.05, 4.69) is 19.1 Å². The molecule has 1 aliphatic heterocycles. The van der Waals surface area contributed by atoms with Gasteiger partial charge in [-0.25, -0.2) is 9.80 Å². The maximum atomic E-state index is 13.5. The number of fused-ring (bicyclic) bond motifs is 3. The Morgan fingerprint density at radius 3 is 2.41 bits per heavy atom. The molecule has 32 heavy (non-hydrogen) atoms. The zero-order valence-electron chi connectivity index (χ0n) is 18.3. The van der Waals surface area contributed by atoms with Gasteiger partial charge < -0.3 is 0 Å². The third-order valence-electron chi connectivity index (χ3n) is 5.89. The van der Waals surface area contributed by atoms with E-state index >= 15 is 0 Å². The Hall–Kier alpha value is -3.94. The molecule has 0 saturated heterocycles. The lowest BCUT2D eigenvalue weighted by Gasteiger charge is -2.25. The lowest BCUT2D eigenvalue weighted by Crippen LogP contribution is -2.40. The summed E-state index contributed by atoms with van der Waals surface area (Å²) in [4.78, 5) is 31.2. The minimum absolute atomic E-state index is 0.211. The third-order valence-corrected chi connectivity index (χ3v) is 5.89. The predicted octanol–water partition coefficient (Wildman–Crippen LogP) is 2.65. The minimum atomic E-state index is -0.384. The van der Waals surface area contributed by atoms with Gasteiger partial charge in [-0.3, -0.25) is 18.5 Å². The molecule has 2 aromatic heterocycles. The largest absolute Gasteiger partial charge is 0.332 e. The summed E-state index contributed by atoms with van der Waals surface area (Å²) < 4.78 is 4.60. The van der Waals surface area contributed by atoms with Crippen LogP contribution >= 0.6 is 0 Å². The van der Waals surface area contributed by atoms with Gasteiger partial charge in [-0.05, 0) is 30.5 Å². The average molecular weight is 428 g/mol. The monoisotopic (exact) mass is 428 g/mol. The van der Waals surface area contributed by atoms with Crippen molar-refractivity contribution >= 4 is 22.8 Å². The molecule has 0 aliphatic carbocycles. The molecule has 0 N–H and O–H groups in total. The first kappa shape index (κ1) is 20.0. The standard InChI is InChI=1S/C24H24N6O2/c1-16-9-7-8-12-19(16)15-30-23-25-21-20(28(23)13-17(2)26-30)22(31)29(24(32)27(21)3)14-18-10-5-4-6-11-18/h4-12H,13-15H2,1-3H3. The van der Waals surface area contributed by atoms with Crippen LogP contribution in [0.5, 0.6) is 0 Å². The van der Waals surface area contributed by atoms with E-state index in [0.29, 0.717) is 30.2 Å². The molecule has 0 bridgehead atoms. The molecular formula is C24H24N6O2. The fourth-order valence-electron chi connectivity index (χ4n) is 4.18. The van der Waals surface area contributed by atoms with Gasteiger partial charge in [0.15, 0.2) is 11.2 Å². The molecule has 5 rings (SSSR count). The number of benzene rings is 2. The van der Waals surface area contributed by atoms with Crippen molar-refractivity contribution in [3.05, 3.63) is 92.1 Å². The Kier molecular flexibility index (Phi) is 4.77. The lowest BCUT2D eigenvalue weighted by molar-refractivity contribution is 0.653. The van der Waals surface area contributed by atoms with Crippen LogP contribution in [0.25, 0.3) is 11.2 Å². The van der Waals surface area contributed by atoms with Crippen molar-refractivity contribution in [1.29, 1.82) is 0 Å². The normalized spacial score (nSPS) is 13.3. The summed E-state index contributed by atoms with van der Waals surface area (Å²) >= 11 is 0. The number of hydrogen-bond donors (Lipinski definition) is 0. The van der Waals surface area contributed by atoms with Crippen LogP contribution in [0.2, 0.25) is 0 Å². The number of nitrogens with zero attached hydrogens (tertiary/aromatic N) is 6. The molecule has 0 amide bonds. The van der Waals surface area contributed by atoms with Crippen LogP contribution in [0.4, 0.5) is 5.95 Å². The van der Waals surface area contributed by atoms with Crippen molar-refractivity contribution in [1.82, 2.24) is 18.7 Å². The number of imidazole rings is 1. The Bertz CT molecular complexity index is 1480. The third kappa shape index (κ3) is 3.24. The second-order valence-electron chi connectivity index (χ2n) is 8.21. The summed E-state index contributed by atoms with van der Waals surface area (Å²) in [6.45, 7) is 5.19. The molecule has 0 spiro atoms. The van der Waals surface area contributed by atoms with Crippen molar-refractivity contribution in [3.63, 3.8) is 0 Å². The summed E-state index contributed by atoms with van der Waals surface area (Å²) in [6, 6.07) is 17.6. The van der Waals surface area contributed by atoms with E-state index in [1.54, 1.807) is 7.05 Å². The molecule has 0 atom stereocenters. The zero-order chi connectivity index (χ0) is 22.4. The lowest BCUT2D eigenvalue weighted by atomic mass is 10.1. The van der Waals surface area contributed by atoms with Gasteiger partial charge >= 0.3 is 5.69 Å². The van der Waals surface area contributed by atoms with Crippen molar-refractivity contribution in [2.24, 2.45) is 12.1 Å². The average Bonchev–Trinajstić information content (AvgIpc) is 3.17. The van der Waals surface area contributed by atoms with Crippen LogP contribution in [0.3, 0.4) is 0 Å². The van der Waals surface area contributed by atoms with Gasteiger partial charge in [-0.2, -0.15) is 10.1 Å². The maximum absolute atomic E-state index is 13.5. The molecule has 0 radical (unpaired) electrons. The number of hydrogen-bond acceptors (Lipinski definition) is 5. The van der Waals surface area contributed by atoms with Crippen LogP contribution in [0, 0.1) is 6.92 Å². The highest BCUT2D eigenvalue weighted by Gasteiger charge is 2.27. The summed E-state index contributed by atoms with van der Waals surface area (Å²) in [6.07, 6.45) is 0. The van der Waals surface area contributed by atoms with Gasteiger partial charge in [0, 0.05) is 7.05 Å². The van der Waals surface area contributed by atoms with E-state index in [1.165, 1.54) is 9.13 Å². The maximum Gasteiger partial charge on any atom is 0.332 e. The first-order chi connectivity index (χ1) is 15.4. The topological polar surface area (TPSA) is 77.4 Å². The van der Waals surface area contributed by atoms with E-state index in [4.69, 9.17) is 10.1 Å². The van der Waals surface area contributed by atoms with Gasteiger partial charge in [-0.1, -0.05) is 54.6 Å². The van der Waals surface area contributed by atoms with Crippen molar-refractivity contribution in [2.45, 2.75) is 33.5 Å². The number of anilines is 1. The molecule has 4 aromatic rings. The highest BCUT2D eigenvalue weighted by Crippen LogP contribution is 2.26. The van der Waals surface area contributed by atoms with E-state index < -0.39 is 0 Å². The molecule has 1 aliphatic rings. The Balaban J connectivity index is 1.67. The molecular weight excluding hydrogens is 404 g/mol. The van der Waals surface area contributed by atoms with E-state index in [9.17, 15) is 9.59 Å². The SMILES string of the molecule is CC1=NN(Cc2ccccc2C)c2nc3c(c(=O)n(Cc4ccccc4)c(=O)n3C)n2C1. The van der Waals surface area contributed by atoms with E-state index in [-0.39, 0.29) is 17.8 Å². The van der Waals surface area contributed by atoms with Crippen LogP contribution in [0.1, 0.15) is 23.6 Å². The number of rotatable bonds is 4. The molecule has 2 aromatic carbocycles. The fourth-order valence-corrected chi connectivity index (χ4v) is 4.18. The fraction of sp³-hybridized carbons (Fsp3) is 0.250. The molecule has 162 valence electrons. The number of aromatic nitrogens is 4. The van der Waals surface area contributed by atoms with Crippen LogP contribution < -0.4 is 16.3 Å². The van der Waals surface area contributed by atoms with Gasteiger partial charge in [0.1, 0.15) is 0 Å². The smallest absolute Gasteiger partial charge is 0.297 e. The summed E-state index contributed by atoms with van der Waals surface area (Å²) in [7, 11) is 1.66. The molecule has 0 saturated carbocycles. The van der Waals surface area contributed by atoms with Gasteiger partial charge in [0.2, 0.25) is 5.95 Å². The molecule has 0 unspecified atom stereocenters. The molecule has 8 heteroatoms. The van der Waals surface area contributed by atoms with Gasteiger partial charge in [-0.15, -0.1) is 0 Å². The quantitative estimate of drug-likeness (QED) is 0.501. The van der Waals surface area contributed by atoms with Crippen LogP contribution in [-0.2, 0) is 26.7 Å².